The molecule has 0 amide bonds. The van der Waals surface area contributed by atoms with Gasteiger partial charge < -0.3 is 4.57 Å². The summed E-state index contributed by atoms with van der Waals surface area (Å²) in [6.07, 6.45) is 0. The summed E-state index contributed by atoms with van der Waals surface area (Å²) in [4.78, 5) is 6.08. The second-order valence-corrected chi connectivity index (χ2v) is 6.13. The lowest BCUT2D eigenvalue weighted by Crippen LogP contribution is -2.05. The molecule has 1 aromatic heterocycles. The third-order valence-electron chi connectivity index (χ3n) is 3.30. The van der Waals surface area contributed by atoms with Crippen LogP contribution in [0.5, 0.6) is 0 Å². The van der Waals surface area contributed by atoms with Crippen molar-refractivity contribution in [3.8, 4) is 0 Å². The number of fused-ring (bicyclic) bond motifs is 1. The number of aromatic nitrogens is 2. The Morgan fingerprint density at radius 1 is 1.00 bits per heavy atom. The smallest absolute Gasteiger partial charge is 0.120 e. The van der Waals surface area contributed by atoms with Gasteiger partial charge in [0.1, 0.15) is 5.82 Å². The van der Waals surface area contributed by atoms with Gasteiger partial charge in [0.05, 0.1) is 16.8 Å². The molecule has 3 aromatic rings. The number of benzene rings is 2. The SMILES string of the molecule is CC(C)n1c(CSc2ccccc2)nc2ccccc21. The van der Waals surface area contributed by atoms with E-state index in [0.29, 0.717) is 6.04 Å². The summed E-state index contributed by atoms with van der Waals surface area (Å²) in [5.41, 5.74) is 2.32. The van der Waals surface area contributed by atoms with Crippen molar-refractivity contribution in [3.63, 3.8) is 0 Å². The zero-order valence-electron chi connectivity index (χ0n) is 11.8. The van der Waals surface area contributed by atoms with Crippen LogP contribution in [0, 0.1) is 0 Å². The van der Waals surface area contributed by atoms with Crippen molar-refractivity contribution in [2.24, 2.45) is 0 Å². The lowest BCUT2D eigenvalue weighted by molar-refractivity contribution is 0.597. The number of hydrogen-bond acceptors (Lipinski definition) is 2. The number of para-hydroxylation sites is 2. The van der Waals surface area contributed by atoms with Gasteiger partial charge in [-0.15, -0.1) is 11.8 Å². The first-order valence-corrected chi connectivity index (χ1v) is 7.88. The highest BCUT2D eigenvalue weighted by Crippen LogP contribution is 2.27. The van der Waals surface area contributed by atoms with Gasteiger partial charge in [-0.05, 0) is 38.1 Å². The van der Waals surface area contributed by atoms with Crippen LogP contribution in [-0.2, 0) is 5.75 Å². The second kappa shape index (κ2) is 5.71. The molecular weight excluding hydrogens is 264 g/mol. The summed E-state index contributed by atoms with van der Waals surface area (Å²) in [6.45, 7) is 4.43. The highest BCUT2D eigenvalue weighted by atomic mass is 32.2. The van der Waals surface area contributed by atoms with Crippen LogP contribution in [0.1, 0.15) is 25.7 Å². The predicted octanol–water partition coefficient (Wildman–Crippen LogP) is 4.91. The molecule has 3 heteroatoms. The number of nitrogens with zero attached hydrogens (tertiary/aromatic N) is 2. The monoisotopic (exact) mass is 282 g/mol. The van der Waals surface area contributed by atoms with E-state index in [2.05, 4.69) is 60.9 Å². The molecule has 102 valence electrons. The van der Waals surface area contributed by atoms with Gasteiger partial charge in [0.15, 0.2) is 0 Å². The minimum Gasteiger partial charge on any atom is -0.325 e. The van der Waals surface area contributed by atoms with Crippen LogP contribution in [-0.4, -0.2) is 9.55 Å². The molecule has 0 aliphatic heterocycles. The van der Waals surface area contributed by atoms with E-state index < -0.39 is 0 Å². The topological polar surface area (TPSA) is 17.8 Å². The van der Waals surface area contributed by atoms with Gasteiger partial charge in [-0.1, -0.05) is 30.3 Å². The molecule has 3 rings (SSSR count). The largest absolute Gasteiger partial charge is 0.325 e. The maximum atomic E-state index is 4.79. The normalized spacial score (nSPS) is 11.3. The Balaban J connectivity index is 1.93. The Morgan fingerprint density at radius 2 is 1.70 bits per heavy atom. The van der Waals surface area contributed by atoms with E-state index in [-0.39, 0.29) is 0 Å². The maximum absolute atomic E-state index is 4.79. The Kier molecular flexibility index (Phi) is 3.79. The molecule has 0 fully saturated rings. The van der Waals surface area contributed by atoms with E-state index in [9.17, 15) is 0 Å². The van der Waals surface area contributed by atoms with Crippen molar-refractivity contribution >= 4 is 22.8 Å². The van der Waals surface area contributed by atoms with Gasteiger partial charge in [0, 0.05) is 10.9 Å². The fourth-order valence-electron chi connectivity index (χ4n) is 2.44. The molecule has 0 aliphatic rings. The van der Waals surface area contributed by atoms with Crippen LogP contribution in [0.25, 0.3) is 11.0 Å². The zero-order chi connectivity index (χ0) is 13.9. The molecule has 1 heterocycles. The molecule has 2 aromatic carbocycles. The summed E-state index contributed by atoms with van der Waals surface area (Å²) in [5.74, 6) is 2.05. The van der Waals surface area contributed by atoms with Crippen LogP contribution in [0.3, 0.4) is 0 Å². The van der Waals surface area contributed by atoms with Crippen LogP contribution >= 0.6 is 11.8 Å². The Hall–Kier alpha value is -1.74. The van der Waals surface area contributed by atoms with E-state index in [0.717, 1.165) is 17.1 Å². The molecule has 0 saturated heterocycles. The van der Waals surface area contributed by atoms with Crippen LogP contribution in [0.2, 0.25) is 0 Å². The quantitative estimate of drug-likeness (QED) is 0.633. The molecule has 0 N–H and O–H groups in total. The van der Waals surface area contributed by atoms with Crippen LogP contribution < -0.4 is 0 Å². The lowest BCUT2D eigenvalue weighted by atomic mass is 10.3. The van der Waals surface area contributed by atoms with Gasteiger partial charge in [0.2, 0.25) is 0 Å². The van der Waals surface area contributed by atoms with E-state index in [4.69, 9.17) is 4.98 Å². The van der Waals surface area contributed by atoms with Crippen molar-refractivity contribution in [2.75, 3.05) is 0 Å². The van der Waals surface area contributed by atoms with Gasteiger partial charge in [0.25, 0.3) is 0 Å². The molecular formula is C17H18N2S. The fraction of sp³-hybridized carbons (Fsp3) is 0.235. The van der Waals surface area contributed by atoms with E-state index >= 15 is 0 Å². The molecule has 0 radical (unpaired) electrons. The standard InChI is InChI=1S/C17H18N2S/c1-13(2)19-16-11-7-6-10-15(16)18-17(19)12-20-14-8-4-3-5-9-14/h3-11,13H,12H2,1-2H3. The van der Waals surface area contributed by atoms with Crippen molar-refractivity contribution in [1.29, 1.82) is 0 Å². The Labute approximate surface area is 123 Å². The molecule has 0 aliphatic carbocycles. The Morgan fingerprint density at radius 3 is 2.45 bits per heavy atom. The summed E-state index contributed by atoms with van der Waals surface area (Å²) in [5, 5.41) is 0. The van der Waals surface area contributed by atoms with Crippen molar-refractivity contribution in [2.45, 2.75) is 30.5 Å². The molecule has 0 atom stereocenters. The van der Waals surface area contributed by atoms with E-state index in [1.165, 1.54) is 10.4 Å². The molecule has 0 spiro atoms. The van der Waals surface area contributed by atoms with E-state index in [1.54, 1.807) is 0 Å². The molecule has 0 unspecified atom stereocenters. The summed E-state index contributed by atoms with van der Waals surface area (Å²) < 4.78 is 2.34. The third-order valence-corrected chi connectivity index (χ3v) is 4.30. The van der Waals surface area contributed by atoms with Gasteiger partial charge in [-0.25, -0.2) is 4.98 Å². The zero-order valence-corrected chi connectivity index (χ0v) is 12.6. The number of imidazole rings is 1. The number of thioether (sulfide) groups is 1. The van der Waals surface area contributed by atoms with Crippen LogP contribution in [0.15, 0.2) is 59.5 Å². The summed E-state index contributed by atoms with van der Waals surface area (Å²) >= 11 is 1.84. The highest BCUT2D eigenvalue weighted by molar-refractivity contribution is 7.98. The minimum absolute atomic E-state index is 0.425. The van der Waals surface area contributed by atoms with Crippen molar-refractivity contribution in [1.82, 2.24) is 9.55 Å². The first-order chi connectivity index (χ1) is 9.75. The lowest BCUT2D eigenvalue weighted by Gasteiger charge is -2.12. The summed E-state index contributed by atoms with van der Waals surface area (Å²) in [6, 6.07) is 19.3. The molecule has 0 bridgehead atoms. The number of hydrogen-bond donors (Lipinski definition) is 0. The fourth-order valence-corrected chi connectivity index (χ4v) is 3.29. The number of rotatable bonds is 4. The average molecular weight is 282 g/mol. The van der Waals surface area contributed by atoms with Crippen molar-refractivity contribution in [3.05, 3.63) is 60.4 Å². The predicted molar refractivity (Wildman–Crippen MR) is 86.1 cm³/mol. The minimum atomic E-state index is 0.425. The molecule has 0 saturated carbocycles. The molecule has 20 heavy (non-hydrogen) atoms. The Bertz CT molecular complexity index is 701. The summed E-state index contributed by atoms with van der Waals surface area (Å²) in [7, 11) is 0. The first-order valence-electron chi connectivity index (χ1n) is 6.89. The van der Waals surface area contributed by atoms with Gasteiger partial charge in [-0.3, -0.25) is 0 Å². The van der Waals surface area contributed by atoms with Crippen LogP contribution in [0.4, 0.5) is 0 Å². The van der Waals surface area contributed by atoms with Gasteiger partial charge >= 0.3 is 0 Å². The van der Waals surface area contributed by atoms with E-state index in [1.807, 2.05) is 23.9 Å². The van der Waals surface area contributed by atoms with Gasteiger partial charge in [-0.2, -0.15) is 0 Å². The average Bonchev–Trinajstić information content (AvgIpc) is 2.84. The first kappa shape index (κ1) is 13.3. The highest BCUT2D eigenvalue weighted by Gasteiger charge is 2.12. The maximum Gasteiger partial charge on any atom is 0.120 e. The van der Waals surface area contributed by atoms with Crippen molar-refractivity contribution < 1.29 is 0 Å². The second-order valence-electron chi connectivity index (χ2n) is 5.08. The third kappa shape index (κ3) is 2.59. The molecule has 2 nitrogen and oxygen atoms in total.